The molecule has 0 amide bonds. The van der Waals surface area contributed by atoms with Gasteiger partial charge in [-0.25, -0.2) is 9.97 Å². The SMILES string of the molecule is O=c1c2ccccc2nc(SCc2ccc(Cl)nc2)n1C1CCCC1. The smallest absolute Gasteiger partial charge is 0.262 e. The minimum atomic E-state index is 0.0780. The maximum atomic E-state index is 13.1. The van der Waals surface area contributed by atoms with Crippen LogP contribution in [0.4, 0.5) is 0 Å². The monoisotopic (exact) mass is 371 g/mol. The normalized spacial score (nSPS) is 15.1. The zero-order valence-corrected chi connectivity index (χ0v) is 15.3. The van der Waals surface area contributed by atoms with E-state index in [2.05, 4.69) is 4.98 Å². The van der Waals surface area contributed by atoms with Gasteiger partial charge in [-0.05, 0) is 36.6 Å². The molecule has 2 aromatic heterocycles. The van der Waals surface area contributed by atoms with Crippen molar-refractivity contribution in [2.75, 3.05) is 0 Å². The second kappa shape index (κ2) is 7.18. The predicted octanol–water partition coefficient (Wildman–Crippen LogP) is 4.85. The molecule has 1 fully saturated rings. The van der Waals surface area contributed by atoms with Crippen LogP contribution in [0.25, 0.3) is 10.9 Å². The van der Waals surface area contributed by atoms with Crippen molar-refractivity contribution >= 4 is 34.3 Å². The van der Waals surface area contributed by atoms with Crippen molar-refractivity contribution in [3.8, 4) is 0 Å². The molecule has 1 saturated carbocycles. The third-order valence-corrected chi connectivity index (χ3v) is 5.87. The molecule has 0 atom stereocenters. The molecule has 6 heteroatoms. The third-order valence-electron chi connectivity index (χ3n) is 4.62. The molecule has 0 unspecified atom stereocenters. The number of rotatable bonds is 4. The highest BCUT2D eigenvalue weighted by molar-refractivity contribution is 7.98. The molecule has 0 spiro atoms. The molecule has 4 rings (SSSR count). The molecule has 0 saturated heterocycles. The van der Waals surface area contributed by atoms with Crippen LogP contribution in [0.2, 0.25) is 5.15 Å². The van der Waals surface area contributed by atoms with Crippen molar-refractivity contribution < 1.29 is 0 Å². The van der Waals surface area contributed by atoms with Crippen molar-refractivity contribution in [1.82, 2.24) is 14.5 Å². The molecule has 25 heavy (non-hydrogen) atoms. The molecular weight excluding hydrogens is 354 g/mol. The summed E-state index contributed by atoms with van der Waals surface area (Å²) >= 11 is 7.44. The minimum Gasteiger partial charge on any atom is -0.284 e. The van der Waals surface area contributed by atoms with E-state index in [1.54, 1.807) is 24.0 Å². The van der Waals surface area contributed by atoms with Gasteiger partial charge in [0.1, 0.15) is 5.15 Å². The van der Waals surface area contributed by atoms with Crippen LogP contribution in [0, 0.1) is 0 Å². The van der Waals surface area contributed by atoms with E-state index in [1.807, 2.05) is 34.9 Å². The van der Waals surface area contributed by atoms with E-state index >= 15 is 0 Å². The van der Waals surface area contributed by atoms with Gasteiger partial charge in [0.2, 0.25) is 0 Å². The molecular formula is C19H18ClN3OS. The molecule has 0 aliphatic heterocycles. The number of halogens is 1. The van der Waals surface area contributed by atoms with Crippen LogP contribution in [-0.2, 0) is 5.75 Å². The zero-order valence-electron chi connectivity index (χ0n) is 13.7. The standard InChI is InChI=1S/C19H18ClN3OS/c20-17-10-9-13(11-21-17)12-25-19-22-16-8-4-3-7-15(16)18(24)23(19)14-5-1-2-6-14/h3-4,7-11,14H,1-2,5-6,12H2. The van der Waals surface area contributed by atoms with Crippen molar-refractivity contribution in [1.29, 1.82) is 0 Å². The van der Waals surface area contributed by atoms with E-state index < -0.39 is 0 Å². The van der Waals surface area contributed by atoms with Gasteiger partial charge >= 0.3 is 0 Å². The Labute approximate surface area is 155 Å². The van der Waals surface area contributed by atoms with E-state index in [-0.39, 0.29) is 11.6 Å². The summed E-state index contributed by atoms with van der Waals surface area (Å²) in [6.07, 6.45) is 6.23. The molecule has 1 aliphatic rings. The van der Waals surface area contributed by atoms with Crippen LogP contribution in [-0.4, -0.2) is 14.5 Å². The molecule has 128 valence electrons. The van der Waals surface area contributed by atoms with Crippen molar-refractivity contribution in [3.05, 3.63) is 63.7 Å². The fourth-order valence-electron chi connectivity index (χ4n) is 3.35. The number of hydrogen-bond donors (Lipinski definition) is 0. The largest absolute Gasteiger partial charge is 0.284 e. The number of pyridine rings is 1. The van der Waals surface area contributed by atoms with Gasteiger partial charge < -0.3 is 0 Å². The Bertz CT molecular complexity index is 949. The molecule has 2 heterocycles. The number of hydrogen-bond acceptors (Lipinski definition) is 4. The fourth-order valence-corrected chi connectivity index (χ4v) is 4.46. The van der Waals surface area contributed by atoms with Gasteiger partial charge in [0.15, 0.2) is 5.16 Å². The quantitative estimate of drug-likeness (QED) is 0.373. The fraction of sp³-hybridized carbons (Fsp3) is 0.316. The van der Waals surface area contributed by atoms with Crippen LogP contribution < -0.4 is 5.56 Å². The molecule has 0 N–H and O–H groups in total. The first-order valence-corrected chi connectivity index (χ1v) is 9.83. The van der Waals surface area contributed by atoms with Gasteiger partial charge in [0.25, 0.3) is 5.56 Å². The first kappa shape index (κ1) is 16.6. The predicted molar refractivity (Wildman–Crippen MR) is 102 cm³/mol. The van der Waals surface area contributed by atoms with E-state index in [9.17, 15) is 4.79 Å². The van der Waals surface area contributed by atoms with E-state index in [0.29, 0.717) is 16.3 Å². The minimum absolute atomic E-state index is 0.0780. The van der Waals surface area contributed by atoms with E-state index in [1.165, 1.54) is 12.8 Å². The highest BCUT2D eigenvalue weighted by Crippen LogP contribution is 2.33. The Hall–Kier alpha value is -1.85. The van der Waals surface area contributed by atoms with Crippen molar-refractivity contribution in [2.45, 2.75) is 42.6 Å². The van der Waals surface area contributed by atoms with Crippen LogP contribution in [0.5, 0.6) is 0 Å². The van der Waals surface area contributed by atoms with E-state index in [0.717, 1.165) is 29.1 Å². The van der Waals surface area contributed by atoms with Gasteiger partial charge in [-0.3, -0.25) is 9.36 Å². The van der Waals surface area contributed by atoms with Gasteiger partial charge in [-0.1, -0.05) is 54.4 Å². The van der Waals surface area contributed by atoms with Crippen LogP contribution >= 0.6 is 23.4 Å². The van der Waals surface area contributed by atoms with Crippen molar-refractivity contribution in [2.24, 2.45) is 0 Å². The number of aromatic nitrogens is 3. The highest BCUT2D eigenvalue weighted by Gasteiger charge is 2.23. The molecule has 0 bridgehead atoms. The Morgan fingerprint density at radius 1 is 1.16 bits per heavy atom. The molecule has 4 nitrogen and oxygen atoms in total. The van der Waals surface area contributed by atoms with Crippen LogP contribution in [0.15, 0.2) is 52.5 Å². The molecule has 3 aromatic rings. The van der Waals surface area contributed by atoms with Crippen LogP contribution in [0.3, 0.4) is 0 Å². The second-order valence-electron chi connectivity index (χ2n) is 6.30. The lowest BCUT2D eigenvalue weighted by Crippen LogP contribution is -2.26. The number of nitrogens with zero attached hydrogens (tertiary/aromatic N) is 3. The number of fused-ring (bicyclic) bond motifs is 1. The Balaban J connectivity index is 1.73. The summed E-state index contributed by atoms with van der Waals surface area (Å²) in [5.41, 5.74) is 1.91. The van der Waals surface area contributed by atoms with Gasteiger partial charge in [0, 0.05) is 18.0 Å². The summed E-state index contributed by atoms with van der Waals surface area (Å²) in [5, 5.41) is 1.98. The van der Waals surface area contributed by atoms with Gasteiger partial charge in [-0.2, -0.15) is 0 Å². The molecule has 1 aromatic carbocycles. The lowest BCUT2D eigenvalue weighted by atomic mass is 10.2. The highest BCUT2D eigenvalue weighted by atomic mass is 35.5. The lowest BCUT2D eigenvalue weighted by Gasteiger charge is -2.18. The number of thioether (sulfide) groups is 1. The maximum absolute atomic E-state index is 13.1. The number of para-hydroxylation sites is 1. The first-order chi connectivity index (χ1) is 12.2. The summed E-state index contributed by atoms with van der Waals surface area (Å²) in [6.45, 7) is 0. The Morgan fingerprint density at radius 2 is 1.96 bits per heavy atom. The van der Waals surface area contributed by atoms with Gasteiger partial charge in [-0.15, -0.1) is 0 Å². The van der Waals surface area contributed by atoms with E-state index in [4.69, 9.17) is 16.6 Å². The summed E-state index contributed by atoms with van der Waals surface area (Å²) in [7, 11) is 0. The second-order valence-corrected chi connectivity index (χ2v) is 7.63. The summed E-state index contributed by atoms with van der Waals surface area (Å²) < 4.78 is 1.92. The number of benzene rings is 1. The Morgan fingerprint density at radius 3 is 2.72 bits per heavy atom. The Kier molecular flexibility index (Phi) is 4.77. The zero-order chi connectivity index (χ0) is 17.2. The summed E-state index contributed by atoms with van der Waals surface area (Å²) in [5.74, 6) is 0.710. The third kappa shape index (κ3) is 3.44. The molecule has 0 radical (unpaired) electrons. The maximum Gasteiger partial charge on any atom is 0.262 e. The average Bonchev–Trinajstić information content (AvgIpc) is 3.15. The molecule has 1 aliphatic carbocycles. The summed E-state index contributed by atoms with van der Waals surface area (Å²) in [4.78, 5) is 22.0. The average molecular weight is 372 g/mol. The topological polar surface area (TPSA) is 47.8 Å². The lowest BCUT2D eigenvalue weighted by molar-refractivity contribution is 0.457. The van der Waals surface area contributed by atoms with Crippen LogP contribution in [0.1, 0.15) is 37.3 Å². The first-order valence-electron chi connectivity index (χ1n) is 8.47. The summed E-state index contributed by atoms with van der Waals surface area (Å²) in [6, 6.07) is 11.6. The van der Waals surface area contributed by atoms with Crippen molar-refractivity contribution in [3.63, 3.8) is 0 Å². The van der Waals surface area contributed by atoms with Gasteiger partial charge in [0.05, 0.1) is 10.9 Å².